The molecule has 1 aromatic carbocycles. The second-order valence-corrected chi connectivity index (χ2v) is 8.41. The number of rotatable bonds is 7. The summed E-state index contributed by atoms with van der Waals surface area (Å²) < 4.78 is 33.4. The zero-order valence-corrected chi connectivity index (χ0v) is 15.4. The van der Waals surface area contributed by atoms with Crippen LogP contribution in [0.15, 0.2) is 23.1 Å². The van der Waals surface area contributed by atoms with Crippen molar-refractivity contribution in [2.45, 2.75) is 36.2 Å². The molecule has 0 bridgehead atoms. The molecule has 10 heteroatoms. The largest absolute Gasteiger partial charge is 0.496 e. The van der Waals surface area contributed by atoms with Gasteiger partial charge in [-0.05, 0) is 43.9 Å². The third kappa shape index (κ3) is 3.27. The van der Waals surface area contributed by atoms with Crippen molar-refractivity contribution >= 4 is 22.0 Å². The van der Waals surface area contributed by atoms with Crippen LogP contribution in [0.25, 0.3) is 0 Å². The van der Waals surface area contributed by atoms with E-state index in [4.69, 9.17) is 10.5 Å². The number of nitrogens with two attached hydrogens (primary N) is 1. The Morgan fingerprint density at radius 1 is 1.38 bits per heavy atom. The number of hydrogen-bond acceptors (Lipinski definition) is 6. The lowest BCUT2D eigenvalue weighted by atomic mass is 9.91. The summed E-state index contributed by atoms with van der Waals surface area (Å²) in [5, 5.41) is 4.67. The Labute approximate surface area is 151 Å². The molecule has 3 amide bonds. The molecule has 1 saturated heterocycles. The number of sulfonamides is 1. The van der Waals surface area contributed by atoms with Gasteiger partial charge in [0.05, 0.1) is 12.0 Å². The van der Waals surface area contributed by atoms with Crippen LogP contribution in [0, 0.1) is 5.92 Å². The molecule has 142 valence electrons. The van der Waals surface area contributed by atoms with E-state index in [9.17, 15) is 18.0 Å². The molecule has 2 unspecified atom stereocenters. The molecule has 0 aromatic heterocycles. The van der Waals surface area contributed by atoms with E-state index in [1.165, 1.54) is 32.2 Å². The minimum Gasteiger partial charge on any atom is -0.496 e. The quantitative estimate of drug-likeness (QED) is 0.480. The van der Waals surface area contributed by atoms with E-state index in [1.54, 1.807) is 0 Å². The van der Waals surface area contributed by atoms with Crippen molar-refractivity contribution in [2.75, 3.05) is 13.7 Å². The van der Waals surface area contributed by atoms with Crippen molar-refractivity contribution in [1.82, 2.24) is 15.4 Å². The number of hydrogen-bond donors (Lipinski definition) is 4. The van der Waals surface area contributed by atoms with E-state index in [1.807, 2.05) is 0 Å². The fourth-order valence-electron chi connectivity index (χ4n) is 3.08. The molecule has 26 heavy (non-hydrogen) atoms. The summed E-state index contributed by atoms with van der Waals surface area (Å²) in [7, 11) is -2.44. The number of carbonyl (C=O) groups excluding carboxylic acids is 2. The summed E-state index contributed by atoms with van der Waals surface area (Å²) in [6, 6.07) is 3.22. The number of imide groups is 1. The zero-order chi connectivity index (χ0) is 19.1. The summed E-state index contributed by atoms with van der Waals surface area (Å²) in [6.45, 7) is 1.70. The van der Waals surface area contributed by atoms with Gasteiger partial charge in [-0.3, -0.25) is 10.1 Å². The predicted octanol–water partition coefficient (Wildman–Crippen LogP) is -0.235. The molecule has 2 fully saturated rings. The van der Waals surface area contributed by atoms with Crippen LogP contribution in [0.5, 0.6) is 5.75 Å². The van der Waals surface area contributed by atoms with E-state index < -0.39 is 27.5 Å². The summed E-state index contributed by atoms with van der Waals surface area (Å²) in [4.78, 5) is 23.8. The first kappa shape index (κ1) is 18.6. The molecular weight excluding hydrogens is 360 g/mol. The van der Waals surface area contributed by atoms with Crippen LogP contribution in [0.3, 0.4) is 0 Å². The third-order valence-corrected chi connectivity index (χ3v) is 6.30. The monoisotopic (exact) mass is 382 g/mol. The van der Waals surface area contributed by atoms with Gasteiger partial charge in [0.25, 0.3) is 5.91 Å². The lowest BCUT2D eigenvalue weighted by Crippen LogP contribution is -2.42. The Hall–Kier alpha value is -2.17. The molecule has 0 radical (unpaired) electrons. The maximum Gasteiger partial charge on any atom is 0.322 e. The first-order chi connectivity index (χ1) is 12.2. The van der Waals surface area contributed by atoms with Gasteiger partial charge in [0.15, 0.2) is 0 Å². The highest BCUT2D eigenvalue weighted by Crippen LogP contribution is 2.35. The van der Waals surface area contributed by atoms with E-state index in [2.05, 4.69) is 15.4 Å². The predicted molar refractivity (Wildman–Crippen MR) is 92.9 cm³/mol. The highest BCUT2D eigenvalue weighted by Gasteiger charge is 2.45. The van der Waals surface area contributed by atoms with Gasteiger partial charge in [0, 0.05) is 18.2 Å². The van der Waals surface area contributed by atoms with Crippen LogP contribution in [-0.4, -0.2) is 40.1 Å². The Morgan fingerprint density at radius 3 is 2.58 bits per heavy atom. The number of amides is 3. The van der Waals surface area contributed by atoms with Crippen LogP contribution in [-0.2, 0) is 20.4 Å². The van der Waals surface area contributed by atoms with E-state index in [-0.39, 0.29) is 29.0 Å². The maximum absolute atomic E-state index is 12.8. The van der Waals surface area contributed by atoms with Gasteiger partial charge in [-0.1, -0.05) is 0 Å². The first-order valence-electron chi connectivity index (χ1n) is 8.26. The van der Waals surface area contributed by atoms with Gasteiger partial charge < -0.3 is 15.8 Å². The Bertz CT molecular complexity index is 852. The topological polar surface area (TPSA) is 140 Å². The van der Waals surface area contributed by atoms with E-state index in [0.717, 1.165) is 12.8 Å². The molecule has 2 atom stereocenters. The highest BCUT2D eigenvalue weighted by atomic mass is 32.2. The molecule has 1 heterocycles. The molecule has 1 aromatic rings. The van der Waals surface area contributed by atoms with Crippen molar-refractivity contribution in [2.24, 2.45) is 11.7 Å². The normalized spacial score (nSPS) is 24.1. The maximum atomic E-state index is 12.8. The van der Waals surface area contributed by atoms with Gasteiger partial charge in [0.2, 0.25) is 10.0 Å². The average Bonchev–Trinajstić information content (AvgIpc) is 3.39. The van der Waals surface area contributed by atoms with Crippen molar-refractivity contribution in [3.8, 4) is 5.75 Å². The van der Waals surface area contributed by atoms with Crippen LogP contribution in [0.4, 0.5) is 4.79 Å². The van der Waals surface area contributed by atoms with Gasteiger partial charge in [0.1, 0.15) is 11.3 Å². The molecule has 1 saturated carbocycles. The summed E-state index contributed by atoms with van der Waals surface area (Å²) in [5.41, 5.74) is 4.50. The molecule has 9 nitrogen and oxygen atoms in total. The molecule has 3 rings (SSSR count). The first-order valence-corrected chi connectivity index (χ1v) is 9.74. The molecule has 0 spiro atoms. The zero-order valence-electron chi connectivity index (χ0n) is 14.5. The number of benzene rings is 1. The van der Waals surface area contributed by atoms with Crippen LogP contribution < -0.4 is 25.8 Å². The fourth-order valence-corrected chi connectivity index (χ4v) is 4.42. The molecule has 1 aliphatic carbocycles. The average molecular weight is 382 g/mol. The standard InChI is InChI=1S/C16H22N4O5S/c1-16(14(21)18-15(22)19-16)11-7-10(5-6-13(11)25-2)26(23,24)20-12(8-17)9-3-4-9/h5-7,9,12,20H,3-4,8,17H2,1-2H3,(H2,18,19,21,22). The number of carbonyl (C=O) groups is 2. The number of methoxy groups -OCH3 is 1. The second kappa shape index (κ2) is 6.53. The Kier molecular flexibility index (Phi) is 4.67. The fraction of sp³-hybridized carbons (Fsp3) is 0.500. The van der Waals surface area contributed by atoms with Crippen LogP contribution in [0.2, 0.25) is 0 Å². The van der Waals surface area contributed by atoms with E-state index in [0.29, 0.717) is 5.75 Å². The Morgan fingerprint density at radius 2 is 2.08 bits per heavy atom. The molecular formula is C16H22N4O5S. The number of ether oxygens (including phenoxy) is 1. The second-order valence-electron chi connectivity index (χ2n) is 6.70. The Balaban J connectivity index is 1.99. The molecule has 2 aliphatic rings. The van der Waals surface area contributed by atoms with Crippen molar-refractivity contribution in [3.05, 3.63) is 23.8 Å². The third-order valence-electron chi connectivity index (χ3n) is 4.82. The van der Waals surface area contributed by atoms with Gasteiger partial charge in [-0.15, -0.1) is 0 Å². The van der Waals surface area contributed by atoms with Crippen molar-refractivity contribution < 1.29 is 22.7 Å². The van der Waals surface area contributed by atoms with Gasteiger partial charge >= 0.3 is 6.03 Å². The molecule has 1 aliphatic heterocycles. The minimum atomic E-state index is -3.84. The van der Waals surface area contributed by atoms with Crippen molar-refractivity contribution in [1.29, 1.82) is 0 Å². The highest BCUT2D eigenvalue weighted by molar-refractivity contribution is 7.89. The number of nitrogens with one attached hydrogen (secondary N) is 3. The van der Waals surface area contributed by atoms with Crippen LogP contribution in [0.1, 0.15) is 25.3 Å². The lowest BCUT2D eigenvalue weighted by Gasteiger charge is -2.24. The lowest BCUT2D eigenvalue weighted by molar-refractivity contribution is -0.123. The summed E-state index contributed by atoms with van der Waals surface area (Å²) in [5.74, 6) is -0.0348. The summed E-state index contributed by atoms with van der Waals surface area (Å²) in [6.07, 6.45) is 1.89. The summed E-state index contributed by atoms with van der Waals surface area (Å²) >= 11 is 0. The van der Waals surface area contributed by atoms with Gasteiger partial charge in [-0.2, -0.15) is 0 Å². The van der Waals surface area contributed by atoms with Crippen molar-refractivity contribution in [3.63, 3.8) is 0 Å². The number of urea groups is 1. The van der Waals surface area contributed by atoms with Gasteiger partial charge in [-0.25, -0.2) is 17.9 Å². The van der Waals surface area contributed by atoms with E-state index >= 15 is 0 Å². The molecule has 5 N–H and O–H groups in total. The SMILES string of the molecule is COc1ccc(S(=O)(=O)NC(CN)C2CC2)cc1C1(C)NC(=O)NC1=O. The minimum absolute atomic E-state index is 0.0254. The van der Waals surface area contributed by atoms with Crippen LogP contribution >= 0.6 is 0 Å². The smallest absolute Gasteiger partial charge is 0.322 e.